The van der Waals surface area contributed by atoms with Crippen molar-refractivity contribution in [2.24, 2.45) is 0 Å². The van der Waals surface area contributed by atoms with Gasteiger partial charge in [0, 0.05) is 30.2 Å². The molecule has 1 N–H and O–H groups in total. The Morgan fingerprint density at radius 2 is 2.12 bits per heavy atom. The van der Waals surface area contributed by atoms with Gasteiger partial charge in [0.05, 0.1) is 18.7 Å². The topological polar surface area (TPSA) is 93.1 Å². The molecule has 4 rings (SSSR count). The summed E-state index contributed by atoms with van der Waals surface area (Å²) in [6, 6.07) is 5.63. The van der Waals surface area contributed by atoms with E-state index in [1.807, 2.05) is 25.1 Å². The number of amides is 2. The second-order valence-corrected chi connectivity index (χ2v) is 6.80. The first-order chi connectivity index (χ1) is 12.2. The highest BCUT2D eigenvalue weighted by Gasteiger charge is 2.17. The molecule has 1 aromatic carbocycles. The van der Waals surface area contributed by atoms with Gasteiger partial charge in [0.25, 0.3) is 0 Å². The van der Waals surface area contributed by atoms with Crippen LogP contribution in [0.2, 0.25) is 0 Å². The van der Waals surface area contributed by atoms with Crippen LogP contribution in [0.5, 0.6) is 0 Å². The van der Waals surface area contributed by atoms with Crippen LogP contribution in [0.4, 0.5) is 10.7 Å². The van der Waals surface area contributed by atoms with Crippen molar-refractivity contribution in [3.63, 3.8) is 0 Å². The fraction of sp³-hybridized carbons (Fsp3) is 0.312. The van der Waals surface area contributed by atoms with Gasteiger partial charge in [-0.1, -0.05) is 23.5 Å². The monoisotopic (exact) mass is 356 g/mol. The van der Waals surface area contributed by atoms with E-state index in [4.69, 9.17) is 4.74 Å². The molecule has 0 unspecified atom stereocenters. The van der Waals surface area contributed by atoms with Crippen LogP contribution in [0.15, 0.2) is 24.4 Å². The van der Waals surface area contributed by atoms with Crippen molar-refractivity contribution in [2.75, 3.05) is 31.6 Å². The molecule has 3 heterocycles. The number of hydrogen-bond donors (Lipinski definition) is 1. The molecule has 2 amide bonds. The summed E-state index contributed by atoms with van der Waals surface area (Å²) in [6.45, 7) is 4.16. The number of nitrogens with one attached hydrogen (secondary N) is 1. The quantitative estimate of drug-likeness (QED) is 0.757. The predicted molar refractivity (Wildman–Crippen MR) is 94.6 cm³/mol. The lowest BCUT2D eigenvalue weighted by Gasteiger charge is -2.26. The van der Waals surface area contributed by atoms with Gasteiger partial charge in [0.2, 0.25) is 5.95 Å². The molecule has 2 aromatic heterocycles. The third-order valence-electron chi connectivity index (χ3n) is 3.87. The number of anilines is 1. The van der Waals surface area contributed by atoms with Gasteiger partial charge in [-0.05, 0) is 13.0 Å². The normalized spacial score (nSPS) is 14.7. The van der Waals surface area contributed by atoms with E-state index in [0.29, 0.717) is 26.3 Å². The number of fused-ring (bicyclic) bond motifs is 1. The molecular formula is C16H16N6O2S. The van der Waals surface area contributed by atoms with Crippen molar-refractivity contribution >= 4 is 34.2 Å². The third-order valence-corrected chi connectivity index (χ3v) is 4.76. The Hall–Kier alpha value is -2.65. The molecule has 1 aliphatic heterocycles. The predicted octanol–water partition coefficient (Wildman–Crippen LogP) is 2.32. The Kier molecular flexibility index (Phi) is 4.24. The molecule has 0 spiro atoms. The van der Waals surface area contributed by atoms with Gasteiger partial charge in [0.1, 0.15) is 10.0 Å². The van der Waals surface area contributed by atoms with Gasteiger partial charge in [-0.3, -0.25) is 5.32 Å². The minimum atomic E-state index is -0.210. The Balaban J connectivity index is 1.59. The van der Waals surface area contributed by atoms with Gasteiger partial charge < -0.3 is 9.64 Å². The fourth-order valence-electron chi connectivity index (χ4n) is 2.57. The highest BCUT2D eigenvalue weighted by Crippen LogP contribution is 2.26. The summed E-state index contributed by atoms with van der Waals surface area (Å²) in [4.78, 5) is 22.6. The lowest BCUT2D eigenvalue weighted by molar-refractivity contribution is 0.0564. The molecule has 128 valence electrons. The summed E-state index contributed by atoms with van der Waals surface area (Å²) in [7, 11) is 0. The molecule has 9 heteroatoms. The summed E-state index contributed by atoms with van der Waals surface area (Å²) in [5.74, 6) is 0.287. The number of benzene rings is 1. The maximum absolute atomic E-state index is 12.3. The number of ether oxygens (including phenoxy) is 1. The van der Waals surface area contributed by atoms with Crippen LogP contribution in [0.3, 0.4) is 0 Å². The van der Waals surface area contributed by atoms with Gasteiger partial charge in [-0.25, -0.2) is 14.8 Å². The summed E-state index contributed by atoms with van der Waals surface area (Å²) < 4.78 is 5.25. The molecule has 0 atom stereocenters. The lowest BCUT2D eigenvalue weighted by Crippen LogP contribution is -2.43. The number of rotatable bonds is 2. The number of urea groups is 1. The summed E-state index contributed by atoms with van der Waals surface area (Å²) in [5.41, 5.74) is 1.69. The summed E-state index contributed by atoms with van der Waals surface area (Å²) >= 11 is 1.53. The zero-order valence-corrected chi connectivity index (χ0v) is 14.4. The van der Waals surface area contributed by atoms with E-state index in [1.54, 1.807) is 11.1 Å². The maximum atomic E-state index is 12.3. The average molecular weight is 356 g/mol. The molecule has 3 aromatic rings. The molecule has 0 bridgehead atoms. The van der Waals surface area contributed by atoms with Crippen LogP contribution >= 0.6 is 11.3 Å². The Morgan fingerprint density at radius 1 is 1.28 bits per heavy atom. The van der Waals surface area contributed by atoms with E-state index in [9.17, 15) is 4.79 Å². The molecule has 1 saturated heterocycles. The third kappa shape index (κ3) is 3.42. The maximum Gasteiger partial charge on any atom is 0.324 e. The number of morpholine rings is 1. The van der Waals surface area contributed by atoms with Crippen molar-refractivity contribution in [3.8, 4) is 10.6 Å². The molecule has 0 radical (unpaired) electrons. The average Bonchev–Trinajstić information content (AvgIpc) is 3.08. The molecule has 25 heavy (non-hydrogen) atoms. The first kappa shape index (κ1) is 15.9. The SMILES string of the molecule is Cc1nnc(-c2ccc3cnc(NC(=O)N4CCOCC4)nc3c2)s1. The van der Waals surface area contributed by atoms with Crippen LogP contribution in [-0.4, -0.2) is 57.4 Å². The minimum Gasteiger partial charge on any atom is -0.378 e. The molecule has 0 saturated carbocycles. The molecular weight excluding hydrogens is 340 g/mol. The largest absolute Gasteiger partial charge is 0.378 e. The first-order valence-electron chi connectivity index (χ1n) is 7.90. The van der Waals surface area contributed by atoms with Crippen molar-refractivity contribution in [3.05, 3.63) is 29.4 Å². The molecule has 8 nitrogen and oxygen atoms in total. The van der Waals surface area contributed by atoms with Crippen LogP contribution in [0.25, 0.3) is 21.5 Å². The van der Waals surface area contributed by atoms with Crippen LogP contribution in [0, 0.1) is 6.92 Å². The van der Waals surface area contributed by atoms with E-state index in [2.05, 4.69) is 25.5 Å². The number of carbonyl (C=O) groups excluding carboxylic acids is 1. The first-order valence-corrected chi connectivity index (χ1v) is 8.72. The molecule has 0 aliphatic carbocycles. The van der Waals surface area contributed by atoms with Crippen molar-refractivity contribution in [2.45, 2.75) is 6.92 Å². The summed E-state index contributed by atoms with van der Waals surface area (Å²) in [5, 5.41) is 13.6. The van der Waals surface area contributed by atoms with E-state index in [-0.39, 0.29) is 12.0 Å². The van der Waals surface area contributed by atoms with Crippen LogP contribution in [-0.2, 0) is 4.74 Å². The zero-order valence-electron chi connectivity index (χ0n) is 13.6. The second kappa shape index (κ2) is 6.69. The smallest absolute Gasteiger partial charge is 0.324 e. The van der Waals surface area contributed by atoms with Gasteiger partial charge in [-0.2, -0.15) is 0 Å². The van der Waals surface area contributed by atoms with E-state index in [1.165, 1.54) is 11.3 Å². The van der Waals surface area contributed by atoms with Gasteiger partial charge in [-0.15, -0.1) is 10.2 Å². The van der Waals surface area contributed by atoms with Crippen molar-refractivity contribution < 1.29 is 9.53 Å². The zero-order chi connectivity index (χ0) is 17.2. The number of aromatic nitrogens is 4. The Morgan fingerprint density at radius 3 is 2.88 bits per heavy atom. The Bertz CT molecular complexity index is 922. The second-order valence-electron chi connectivity index (χ2n) is 5.62. The Labute approximate surface area is 147 Å². The van der Waals surface area contributed by atoms with Gasteiger partial charge in [0.15, 0.2) is 0 Å². The lowest BCUT2D eigenvalue weighted by atomic mass is 10.1. The van der Waals surface area contributed by atoms with E-state index in [0.717, 1.165) is 26.5 Å². The van der Waals surface area contributed by atoms with E-state index < -0.39 is 0 Å². The fourth-order valence-corrected chi connectivity index (χ4v) is 3.26. The number of hydrogen-bond acceptors (Lipinski definition) is 7. The van der Waals surface area contributed by atoms with Gasteiger partial charge >= 0.3 is 6.03 Å². The highest BCUT2D eigenvalue weighted by molar-refractivity contribution is 7.14. The highest BCUT2D eigenvalue weighted by atomic mass is 32.1. The van der Waals surface area contributed by atoms with Crippen LogP contribution < -0.4 is 5.32 Å². The minimum absolute atomic E-state index is 0.210. The molecule has 1 fully saturated rings. The van der Waals surface area contributed by atoms with Crippen LogP contribution in [0.1, 0.15) is 5.01 Å². The number of nitrogens with zero attached hydrogens (tertiary/aromatic N) is 5. The van der Waals surface area contributed by atoms with E-state index >= 15 is 0 Å². The standard InChI is InChI=1S/C16H16N6O2S/c1-10-20-21-14(25-10)11-2-3-12-9-17-15(18-13(12)8-11)19-16(23)22-4-6-24-7-5-22/h2-3,8-9H,4-7H2,1H3,(H,17,18,19,23). The van der Waals surface area contributed by atoms with Crippen molar-refractivity contribution in [1.29, 1.82) is 0 Å². The summed E-state index contributed by atoms with van der Waals surface area (Å²) in [6.07, 6.45) is 1.70. The number of carbonyl (C=O) groups is 1. The molecule has 1 aliphatic rings. The number of aryl methyl sites for hydroxylation is 1. The van der Waals surface area contributed by atoms with Crippen molar-refractivity contribution in [1.82, 2.24) is 25.1 Å².